The van der Waals surface area contributed by atoms with Crippen molar-refractivity contribution in [1.29, 1.82) is 0 Å². The highest BCUT2D eigenvalue weighted by molar-refractivity contribution is 7.91. The minimum absolute atomic E-state index is 0.0770. The van der Waals surface area contributed by atoms with Gasteiger partial charge < -0.3 is 9.64 Å². The Morgan fingerprint density at radius 1 is 1.12 bits per heavy atom. The Hall–Kier alpha value is -2.43. The van der Waals surface area contributed by atoms with Gasteiger partial charge >= 0.3 is 6.09 Å². The summed E-state index contributed by atoms with van der Waals surface area (Å²) in [5, 5.41) is 0.377. The monoisotopic (exact) mass is 613 g/mol. The Bertz CT molecular complexity index is 1550. The molecule has 0 radical (unpaired) electrons. The summed E-state index contributed by atoms with van der Waals surface area (Å²) in [7, 11) is -3.36. The lowest BCUT2D eigenvalue weighted by atomic mass is 10.1. The molecular weight excluding hydrogens is 583 g/mol. The van der Waals surface area contributed by atoms with Crippen molar-refractivity contribution in [3.8, 4) is 0 Å². The molecule has 1 aromatic heterocycles. The van der Waals surface area contributed by atoms with Crippen LogP contribution < -0.4 is 4.90 Å². The maximum absolute atomic E-state index is 13.8. The summed E-state index contributed by atoms with van der Waals surface area (Å²) in [4.78, 5) is 20.0. The average molecular weight is 615 g/mol. The van der Waals surface area contributed by atoms with Gasteiger partial charge in [0.2, 0.25) is 0 Å². The van der Waals surface area contributed by atoms with Crippen molar-refractivity contribution in [3.05, 3.63) is 51.8 Å². The van der Waals surface area contributed by atoms with E-state index >= 15 is 0 Å². The molecule has 12 heteroatoms. The second-order valence-corrected chi connectivity index (χ2v) is 14.4. The molecule has 1 saturated heterocycles. The molecule has 2 fully saturated rings. The summed E-state index contributed by atoms with van der Waals surface area (Å²) >= 11 is 13.4. The number of carbonyl (C=O) groups excluding carboxylic acids is 1. The number of benzene rings is 2. The van der Waals surface area contributed by atoms with Crippen LogP contribution in [0.2, 0.25) is 10.0 Å². The van der Waals surface area contributed by atoms with E-state index in [-0.39, 0.29) is 59.0 Å². The molecule has 0 amide bonds. The van der Waals surface area contributed by atoms with Gasteiger partial charge in [-0.05, 0) is 63.3 Å². The van der Waals surface area contributed by atoms with Crippen molar-refractivity contribution in [2.45, 2.75) is 69.3 Å². The van der Waals surface area contributed by atoms with E-state index in [1.54, 1.807) is 56.0 Å². The van der Waals surface area contributed by atoms with Crippen molar-refractivity contribution in [1.82, 2.24) is 9.55 Å². The second-order valence-electron chi connectivity index (χ2n) is 11.6. The molecule has 2 aliphatic rings. The quantitative estimate of drug-likeness (QED) is 0.294. The Morgan fingerprint density at radius 3 is 2.33 bits per heavy atom. The maximum Gasteiger partial charge on any atom is 0.420 e. The van der Waals surface area contributed by atoms with Crippen molar-refractivity contribution in [3.63, 3.8) is 0 Å². The lowest BCUT2D eigenvalue weighted by molar-refractivity contribution is -0.0220. The van der Waals surface area contributed by atoms with Crippen LogP contribution in [0.15, 0.2) is 35.2 Å². The lowest BCUT2D eigenvalue weighted by Gasteiger charge is -2.34. The molecule has 5 rings (SSSR count). The van der Waals surface area contributed by atoms with E-state index < -0.39 is 27.5 Å². The number of fused-ring (bicyclic) bond motifs is 1. The number of ether oxygens (including phenoxy) is 1. The maximum atomic E-state index is 13.8. The first-order valence-electron chi connectivity index (χ1n) is 13.2. The van der Waals surface area contributed by atoms with E-state index in [9.17, 15) is 22.0 Å². The van der Waals surface area contributed by atoms with Gasteiger partial charge in [0.05, 0.1) is 31.9 Å². The van der Waals surface area contributed by atoms with Gasteiger partial charge in [0.1, 0.15) is 16.9 Å². The fourth-order valence-corrected chi connectivity index (χ4v) is 7.27. The molecule has 2 heterocycles. The van der Waals surface area contributed by atoms with Crippen LogP contribution in [0.4, 0.5) is 19.3 Å². The number of halogens is 4. The van der Waals surface area contributed by atoms with Gasteiger partial charge in [-0.15, -0.1) is 0 Å². The Kier molecular flexibility index (Phi) is 7.59. The van der Waals surface area contributed by atoms with Crippen LogP contribution in [-0.2, 0) is 21.0 Å². The smallest absolute Gasteiger partial charge is 0.420 e. The van der Waals surface area contributed by atoms with E-state index in [4.69, 9.17) is 27.9 Å². The summed E-state index contributed by atoms with van der Waals surface area (Å²) in [6.45, 7) is 5.39. The third-order valence-corrected chi connectivity index (χ3v) is 9.62. The third kappa shape index (κ3) is 6.24. The Balaban J connectivity index is 1.53. The molecule has 0 unspecified atom stereocenters. The number of aromatic nitrogens is 2. The molecule has 40 heavy (non-hydrogen) atoms. The SMILES string of the molecule is CC(C)(C)OC(=O)n1c(Cc2ccc(S(=O)(=O)CC3CC3)cc2)nc2c(Cl)c(N3CCC(F)(F)CC3)c(Cl)cc21. The van der Waals surface area contributed by atoms with Gasteiger partial charge in [0.25, 0.3) is 5.92 Å². The highest BCUT2D eigenvalue weighted by atomic mass is 35.5. The van der Waals surface area contributed by atoms with Crippen LogP contribution >= 0.6 is 23.2 Å². The van der Waals surface area contributed by atoms with Gasteiger partial charge in [-0.25, -0.2) is 31.5 Å². The molecule has 1 aliphatic carbocycles. The van der Waals surface area contributed by atoms with Gasteiger partial charge in [0.15, 0.2) is 9.84 Å². The zero-order chi connectivity index (χ0) is 29.0. The molecule has 0 spiro atoms. The van der Waals surface area contributed by atoms with Gasteiger partial charge in [0, 0.05) is 32.4 Å². The minimum atomic E-state index is -3.36. The number of sulfone groups is 1. The molecule has 2 aromatic carbocycles. The lowest BCUT2D eigenvalue weighted by Crippen LogP contribution is -2.39. The fourth-order valence-electron chi connectivity index (χ4n) is 4.85. The fraction of sp³-hybridized carbons (Fsp3) is 0.500. The average Bonchev–Trinajstić information content (AvgIpc) is 3.57. The Morgan fingerprint density at radius 2 is 1.75 bits per heavy atom. The number of nitrogens with zero attached hydrogens (tertiary/aromatic N) is 3. The first-order chi connectivity index (χ1) is 18.6. The van der Waals surface area contributed by atoms with E-state index in [1.807, 2.05) is 0 Å². The first-order valence-corrected chi connectivity index (χ1v) is 15.6. The number of alkyl halides is 2. The molecule has 3 aromatic rings. The molecule has 0 bridgehead atoms. The van der Waals surface area contributed by atoms with E-state index in [1.165, 1.54) is 4.57 Å². The summed E-state index contributed by atoms with van der Waals surface area (Å²) in [6.07, 6.45) is 0.749. The summed E-state index contributed by atoms with van der Waals surface area (Å²) in [5.74, 6) is -2.03. The zero-order valence-corrected chi connectivity index (χ0v) is 24.8. The third-order valence-electron chi connectivity index (χ3n) is 7.07. The number of imidazole rings is 1. The highest BCUT2D eigenvalue weighted by Gasteiger charge is 2.36. The molecule has 1 aliphatic heterocycles. The van der Waals surface area contributed by atoms with Crippen LogP contribution in [0.3, 0.4) is 0 Å². The molecular formula is C28H31Cl2F2N3O4S. The van der Waals surface area contributed by atoms with Gasteiger partial charge in [-0.3, -0.25) is 0 Å². The van der Waals surface area contributed by atoms with Crippen molar-refractivity contribution < 1.29 is 26.7 Å². The summed E-state index contributed by atoms with van der Waals surface area (Å²) < 4.78 is 59.9. The molecule has 216 valence electrons. The number of hydrogen-bond acceptors (Lipinski definition) is 6. The van der Waals surface area contributed by atoms with Crippen molar-refractivity contribution in [2.24, 2.45) is 5.92 Å². The summed E-state index contributed by atoms with van der Waals surface area (Å²) in [6, 6.07) is 8.10. The number of rotatable bonds is 6. The standard InChI is InChI=1S/C28H31Cl2F2N3O4S/c1-27(2,3)39-26(36)35-21-15-20(29)25(34-12-10-28(31,32)11-13-34)23(30)24(21)33-22(35)14-17-6-8-19(9-7-17)40(37,38)16-18-4-5-18/h6-9,15,18H,4-5,10-14,16H2,1-3H3. The van der Waals surface area contributed by atoms with Crippen LogP contribution in [0, 0.1) is 5.92 Å². The largest absolute Gasteiger partial charge is 0.443 e. The number of hydrogen-bond donors (Lipinski definition) is 0. The topological polar surface area (TPSA) is 81.5 Å². The highest BCUT2D eigenvalue weighted by Crippen LogP contribution is 2.42. The number of piperidine rings is 1. The summed E-state index contributed by atoms with van der Waals surface area (Å²) in [5.41, 5.74) is 0.953. The predicted octanol–water partition coefficient (Wildman–Crippen LogP) is 7.14. The minimum Gasteiger partial charge on any atom is -0.443 e. The second kappa shape index (κ2) is 10.4. The Labute approximate surface area is 242 Å². The van der Waals surface area contributed by atoms with E-state index in [2.05, 4.69) is 4.98 Å². The van der Waals surface area contributed by atoms with Gasteiger partial charge in [-0.1, -0.05) is 35.3 Å². The molecule has 0 N–H and O–H groups in total. The predicted molar refractivity (Wildman–Crippen MR) is 152 cm³/mol. The van der Waals surface area contributed by atoms with Crippen molar-refractivity contribution >= 4 is 55.9 Å². The zero-order valence-electron chi connectivity index (χ0n) is 22.5. The molecule has 0 atom stereocenters. The first kappa shape index (κ1) is 29.1. The van der Waals surface area contributed by atoms with E-state index in [0.29, 0.717) is 22.5 Å². The van der Waals surface area contributed by atoms with Crippen LogP contribution in [0.1, 0.15) is 57.8 Å². The molecule has 7 nitrogen and oxygen atoms in total. The number of anilines is 1. The number of carbonyl (C=O) groups is 1. The van der Waals surface area contributed by atoms with Gasteiger partial charge in [-0.2, -0.15) is 0 Å². The van der Waals surface area contributed by atoms with Crippen LogP contribution in [0.25, 0.3) is 11.0 Å². The van der Waals surface area contributed by atoms with E-state index in [0.717, 1.165) is 18.4 Å². The normalized spacial score (nSPS) is 17.8. The van der Waals surface area contributed by atoms with Crippen LogP contribution in [-0.4, -0.2) is 54.4 Å². The van der Waals surface area contributed by atoms with Crippen molar-refractivity contribution in [2.75, 3.05) is 23.7 Å². The van der Waals surface area contributed by atoms with Crippen LogP contribution in [0.5, 0.6) is 0 Å². The molecule has 1 saturated carbocycles.